The zero-order valence-corrected chi connectivity index (χ0v) is 10.8. The quantitative estimate of drug-likeness (QED) is 0.796. The van der Waals surface area contributed by atoms with E-state index in [9.17, 15) is 13.2 Å². The van der Waals surface area contributed by atoms with Crippen molar-refractivity contribution >= 4 is 0 Å². The zero-order chi connectivity index (χ0) is 13.8. The molecule has 0 amide bonds. The highest BCUT2D eigenvalue weighted by Gasteiger charge is 2.27. The van der Waals surface area contributed by atoms with Crippen LogP contribution in [0.1, 0.15) is 17.0 Å². The molecule has 0 saturated heterocycles. The maximum absolute atomic E-state index is 11.8. The lowest BCUT2D eigenvalue weighted by Crippen LogP contribution is -2.24. The molecule has 4 nitrogen and oxygen atoms in total. The van der Waals surface area contributed by atoms with E-state index in [0.717, 1.165) is 17.0 Å². The first-order valence-corrected chi connectivity index (χ1v) is 5.65. The lowest BCUT2D eigenvalue weighted by Gasteiger charge is -2.08. The smallest absolute Gasteiger partial charge is 0.371 e. The first-order chi connectivity index (χ1) is 8.31. The molecule has 0 bridgehead atoms. The minimum atomic E-state index is -4.25. The molecule has 1 rings (SSSR count). The average molecular weight is 265 g/mol. The van der Waals surface area contributed by atoms with E-state index >= 15 is 0 Å². The van der Waals surface area contributed by atoms with Gasteiger partial charge in [-0.2, -0.15) is 18.3 Å². The van der Waals surface area contributed by atoms with Crippen molar-refractivity contribution in [3.8, 4) is 0 Å². The van der Waals surface area contributed by atoms with Gasteiger partial charge in [-0.1, -0.05) is 0 Å². The van der Waals surface area contributed by atoms with Crippen molar-refractivity contribution in [2.24, 2.45) is 7.05 Å². The van der Waals surface area contributed by atoms with Crippen LogP contribution in [-0.2, 0) is 18.3 Å². The number of aromatic nitrogens is 2. The number of hydrogen-bond donors (Lipinski definition) is 1. The lowest BCUT2D eigenvalue weighted by molar-refractivity contribution is -0.173. The predicted octanol–water partition coefficient (Wildman–Crippen LogP) is 1.71. The van der Waals surface area contributed by atoms with Gasteiger partial charge in [-0.15, -0.1) is 0 Å². The molecule has 0 fully saturated rings. The van der Waals surface area contributed by atoms with Crippen LogP contribution in [0.3, 0.4) is 0 Å². The number of ether oxygens (including phenoxy) is 1. The van der Waals surface area contributed by atoms with Crippen LogP contribution in [0.25, 0.3) is 0 Å². The molecule has 0 aliphatic carbocycles. The molecule has 0 spiro atoms. The fourth-order valence-electron chi connectivity index (χ4n) is 1.62. The Bertz CT molecular complexity index is 388. The monoisotopic (exact) mass is 265 g/mol. The Morgan fingerprint density at radius 2 is 2.00 bits per heavy atom. The minimum absolute atomic E-state index is 0.0396. The van der Waals surface area contributed by atoms with Gasteiger partial charge >= 0.3 is 6.18 Å². The summed E-state index contributed by atoms with van der Waals surface area (Å²) in [5, 5.41) is 7.29. The number of rotatable bonds is 6. The Labute approximate surface area is 104 Å². The highest BCUT2D eigenvalue weighted by molar-refractivity contribution is 5.23. The van der Waals surface area contributed by atoms with E-state index < -0.39 is 12.8 Å². The third kappa shape index (κ3) is 4.66. The molecule has 1 N–H and O–H groups in total. The SMILES string of the molecule is Cc1nn(C)c(C)c1CNCCOCC(F)(F)F. The summed E-state index contributed by atoms with van der Waals surface area (Å²) in [7, 11) is 1.86. The van der Waals surface area contributed by atoms with Crippen LogP contribution in [0.4, 0.5) is 13.2 Å². The molecular weight excluding hydrogens is 247 g/mol. The van der Waals surface area contributed by atoms with Crippen molar-refractivity contribution in [3.05, 3.63) is 17.0 Å². The molecule has 7 heteroatoms. The second kappa shape index (κ2) is 6.19. The number of hydrogen-bond acceptors (Lipinski definition) is 3. The van der Waals surface area contributed by atoms with Crippen LogP contribution in [-0.4, -0.2) is 35.7 Å². The van der Waals surface area contributed by atoms with Gasteiger partial charge in [-0.25, -0.2) is 0 Å². The number of nitrogens with one attached hydrogen (secondary N) is 1. The summed E-state index contributed by atoms with van der Waals surface area (Å²) < 4.78 is 41.6. The molecule has 0 aliphatic rings. The Morgan fingerprint density at radius 1 is 1.33 bits per heavy atom. The highest BCUT2D eigenvalue weighted by atomic mass is 19.4. The molecule has 1 aromatic rings. The number of aryl methyl sites for hydroxylation is 2. The van der Waals surface area contributed by atoms with Gasteiger partial charge in [-0.05, 0) is 13.8 Å². The van der Waals surface area contributed by atoms with Crippen molar-refractivity contribution < 1.29 is 17.9 Å². The first-order valence-electron chi connectivity index (χ1n) is 5.65. The fraction of sp³-hybridized carbons (Fsp3) is 0.727. The van der Waals surface area contributed by atoms with Crippen molar-refractivity contribution in [3.63, 3.8) is 0 Å². The number of nitrogens with zero attached hydrogens (tertiary/aromatic N) is 2. The summed E-state index contributed by atoms with van der Waals surface area (Å²) in [6.45, 7) is 3.67. The third-order valence-corrected chi connectivity index (χ3v) is 2.65. The van der Waals surface area contributed by atoms with Crippen molar-refractivity contribution in [2.75, 3.05) is 19.8 Å². The molecule has 0 radical (unpaired) electrons. The predicted molar refractivity (Wildman–Crippen MR) is 61.3 cm³/mol. The minimum Gasteiger partial charge on any atom is -0.371 e. The van der Waals surface area contributed by atoms with Crippen LogP contribution in [0.5, 0.6) is 0 Å². The maximum Gasteiger partial charge on any atom is 0.411 e. The van der Waals surface area contributed by atoms with E-state index in [0.29, 0.717) is 13.1 Å². The molecule has 0 unspecified atom stereocenters. The second-order valence-corrected chi connectivity index (χ2v) is 4.12. The summed E-state index contributed by atoms with van der Waals surface area (Å²) in [5.74, 6) is 0. The zero-order valence-electron chi connectivity index (χ0n) is 10.8. The molecule has 18 heavy (non-hydrogen) atoms. The van der Waals surface area contributed by atoms with Crippen LogP contribution in [0.15, 0.2) is 0 Å². The van der Waals surface area contributed by atoms with Crippen LogP contribution in [0.2, 0.25) is 0 Å². The lowest BCUT2D eigenvalue weighted by atomic mass is 10.2. The molecule has 1 aromatic heterocycles. The summed E-state index contributed by atoms with van der Waals surface area (Å²) >= 11 is 0. The van der Waals surface area contributed by atoms with Gasteiger partial charge in [0.1, 0.15) is 6.61 Å². The van der Waals surface area contributed by atoms with Crippen LogP contribution in [0, 0.1) is 13.8 Å². The van der Waals surface area contributed by atoms with E-state index in [-0.39, 0.29) is 6.61 Å². The van der Waals surface area contributed by atoms with Gasteiger partial charge in [0.05, 0.1) is 12.3 Å². The Kier molecular flexibility index (Phi) is 5.15. The van der Waals surface area contributed by atoms with Crippen LogP contribution < -0.4 is 5.32 Å². The molecule has 1 heterocycles. The first kappa shape index (κ1) is 15.0. The summed E-state index contributed by atoms with van der Waals surface area (Å²) in [6.07, 6.45) is -4.25. The normalized spacial score (nSPS) is 12.1. The van der Waals surface area contributed by atoms with E-state index in [1.807, 2.05) is 20.9 Å². The maximum atomic E-state index is 11.8. The van der Waals surface area contributed by atoms with Crippen LogP contribution >= 0.6 is 0 Å². The van der Waals surface area contributed by atoms with Gasteiger partial charge in [0.25, 0.3) is 0 Å². The standard InChI is InChI=1S/C11H18F3N3O/c1-8-10(9(2)17(3)16-8)6-15-4-5-18-7-11(12,13)14/h15H,4-7H2,1-3H3. The molecular formula is C11H18F3N3O. The molecule has 0 aliphatic heterocycles. The van der Waals surface area contributed by atoms with Gasteiger partial charge in [-0.3, -0.25) is 4.68 Å². The van der Waals surface area contributed by atoms with Gasteiger partial charge in [0.15, 0.2) is 0 Å². The molecule has 0 atom stereocenters. The number of alkyl halides is 3. The van der Waals surface area contributed by atoms with Gasteiger partial charge in [0, 0.05) is 31.4 Å². The Morgan fingerprint density at radius 3 is 2.50 bits per heavy atom. The number of halogens is 3. The summed E-state index contributed by atoms with van der Waals surface area (Å²) in [6, 6.07) is 0. The average Bonchev–Trinajstić information content (AvgIpc) is 2.47. The fourth-order valence-corrected chi connectivity index (χ4v) is 1.62. The van der Waals surface area contributed by atoms with Crippen molar-refractivity contribution in [1.29, 1.82) is 0 Å². The topological polar surface area (TPSA) is 39.1 Å². The van der Waals surface area contributed by atoms with E-state index in [1.54, 1.807) is 4.68 Å². The molecule has 104 valence electrons. The molecule has 0 saturated carbocycles. The third-order valence-electron chi connectivity index (χ3n) is 2.65. The van der Waals surface area contributed by atoms with E-state index in [2.05, 4.69) is 15.2 Å². The summed E-state index contributed by atoms with van der Waals surface area (Å²) in [4.78, 5) is 0. The Hall–Kier alpha value is -1.08. The van der Waals surface area contributed by atoms with Crippen molar-refractivity contribution in [1.82, 2.24) is 15.1 Å². The van der Waals surface area contributed by atoms with E-state index in [1.165, 1.54) is 0 Å². The van der Waals surface area contributed by atoms with Gasteiger partial charge < -0.3 is 10.1 Å². The van der Waals surface area contributed by atoms with E-state index in [4.69, 9.17) is 0 Å². The van der Waals surface area contributed by atoms with Crippen molar-refractivity contribution in [2.45, 2.75) is 26.6 Å². The second-order valence-electron chi connectivity index (χ2n) is 4.12. The molecule has 0 aromatic carbocycles. The summed E-state index contributed by atoms with van der Waals surface area (Å²) in [5.41, 5.74) is 3.06. The van der Waals surface area contributed by atoms with Gasteiger partial charge in [0.2, 0.25) is 0 Å². The largest absolute Gasteiger partial charge is 0.411 e. The Balaban J connectivity index is 2.22. The highest BCUT2D eigenvalue weighted by Crippen LogP contribution is 2.14.